The largest absolute Gasteiger partial charge is 0.299 e. The summed E-state index contributed by atoms with van der Waals surface area (Å²) in [7, 11) is 0. The molecule has 0 aliphatic rings. The molecule has 0 amide bonds. The Morgan fingerprint density at radius 1 is 1.21 bits per heavy atom. The van der Waals surface area contributed by atoms with Gasteiger partial charge in [0.2, 0.25) is 0 Å². The van der Waals surface area contributed by atoms with Crippen molar-refractivity contribution < 1.29 is 4.79 Å². The minimum atomic E-state index is -0.107. The summed E-state index contributed by atoms with van der Waals surface area (Å²) < 4.78 is 0. The molecule has 0 aromatic rings. The molecule has 0 bridgehead atoms. The normalized spacial score (nSPS) is 17.9. The molecular weight excluding hydrogens is 172 g/mol. The van der Waals surface area contributed by atoms with Gasteiger partial charge in [0.15, 0.2) is 0 Å². The van der Waals surface area contributed by atoms with Crippen LogP contribution in [0.1, 0.15) is 60.8 Å². The average molecular weight is 198 g/mol. The van der Waals surface area contributed by atoms with Gasteiger partial charge in [-0.3, -0.25) is 4.79 Å². The highest BCUT2D eigenvalue weighted by molar-refractivity contribution is 5.86. The molecule has 84 valence electrons. The molecule has 0 rings (SSSR count). The first-order valence-electron chi connectivity index (χ1n) is 5.94. The standard InChI is InChI=1S/C13H26O/c1-7-9-13(6,10(3)4)12(14)11(5)8-2/h10-11H,7-9H2,1-6H3. The Morgan fingerprint density at radius 3 is 2.00 bits per heavy atom. The maximum absolute atomic E-state index is 12.2. The molecule has 0 aromatic carbocycles. The SMILES string of the molecule is CCCC(C)(C(=O)C(C)CC)C(C)C. The van der Waals surface area contributed by atoms with Crippen molar-refractivity contribution in [3.8, 4) is 0 Å². The summed E-state index contributed by atoms with van der Waals surface area (Å²) in [5.74, 6) is 1.12. The first kappa shape index (κ1) is 13.7. The highest BCUT2D eigenvalue weighted by Crippen LogP contribution is 2.36. The lowest BCUT2D eigenvalue weighted by molar-refractivity contribution is -0.134. The van der Waals surface area contributed by atoms with Crippen LogP contribution in [-0.4, -0.2) is 5.78 Å². The monoisotopic (exact) mass is 198 g/mol. The van der Waals surface area contributed by atoms with E-state index in [0.29, 0.717) is 11.7 Å². The van der Waals surface area contributed by atoms with Crippen LogP contribution in [0.3, 0.4) is 0 Å². The van der Waals surface area contributed by atoms with E-state index in [4.69, 9.17) is 0 Å². The van der Waals surface area contributed by atoms with Gasteiger partial charge in [-0.05, 0) is 18.8 Å². The highest BCUT2D eigenvalue weighted by atomic mass is 16.1. The van der Waals surface area contributed by atoms with Crippen LogP contribution in [0.15, 0.2) is 0 Å². The van der Waals surface area contributed by atoms with Crippen LogP contribution in [0.5, 0.6) is 0 Å². The second kappa shape index (κ2) is 5.53. The lowest BCUT2D eigenvalue weighted by atomic mass is 9.69. The van der Waals surface area contributed by atoms with Crippen molar-refractivity contribution in [3.05, 3.63) is 0 Å². The van der Waals surface area contributed by atoms with E-state index >= 15 is 0 Å². The van der Waals surface area contributed by atoms with Crippen LogP contribution >= 0.6 is 0 Å². The van der Waals surface area contributed by atoms with Crippen LogP contribution in [0, 0.1) is 17.3 Å². The summed E-state index contributed by atoms with van der Waals surface area (Å²) >= 11 is 0. The number of rotatable bonds is 6. The first-order chi connectivity index (χ1) is 6.40. The van der Waals surface area contributed by atoms with E-state index in [0.717, 1.165) is 19.3 Å². The summed E-state index contributed by atoms with van der Waals surface area (Å²) in [5.41, 5.74) is -0.107. The van der Waals surface area contributed by atoms with Crippen molar-refractivity contribution in [1.29, 1.82) is 0 Å². The van der Waals surface area contributed by atoms with Gasteiger partial charge < -0.3 is 0 Å². The molecule has 0 saturated carbocycles. The fourth-order valence-corrected chi connectivity index (χ4v) is 1.96. The molecule has 0 aromatic heterocycles. The predicted molar refractivity (Wildman–Crippen MR) is 62.3 cm³/mol. The molecule has 0 radical (unpaired) electrons. The zero-order valence-electron chi connectivity index (χ0n) is 10.7. The maximum atomic E-state index is 12.2. The summed E-state index contributed by atoms with van der Waals surface area (Å²) in [4.78, 5) is 12.2. The molecule has 0 heterocycles. The van der Waals surface area contributed by atoms with Gasteiger partial charge in [-0.1, -0.05) is 48.0 Å². The number of carbonyl (C=O) groups is 1. The zero-order valence-corrected chi connectivity index (χ0v) is 10.7. The van der Waals surface area contributed by atoms with Crippen molar-refractivity contribution >= 4 is 5.78 Å². The molecule has 0 aliphatic carbocycles. The third kappa shape index (κ3) is 2.83. The number of ketones is 1. The van der Waals surface area contributed by atoms with E-state index in [-0.39, 0.29) is 11.3 Å². The quantitative estimate of drug-likeness (QED) is 0.629. The van der Waals surface area contributed by atoms with E-state index in [9.17, 15) is 4.79 Å². The van der Waals surface area contributed by atoms with Crippen molar-refractivity contribution in [3.63, 3.8) is 0 Å². The summed E-state index contributed by atoms with van der Waals surface area (Å²) in [6.45, 7) is 12.8. The Hall–Kier alpha value is -0.330. The second-order valence-corrected chi connectivity index (χ2v) is 5.00. The minimum Gasteiger partial charge on any atom is -0.299 e. The fourth-order valence-electron chi connectivity index (χ4n) is 1.96. The van der Waals surface area contributed by atoms with E-state index in [2.05, 4.69) is 41.5 Å². The Morgan fingerprint density at radius 2 is 1.71 bits per heavy atom. The van der Waals surface area contributed by atoms with E-state index in [1.807, 2.05) is 0 Å². The van der Waals surface area contributed by atoms with Gasteiger partial charge in [0.05, 0.1) is 0 Å². The van der Waals surface area contributed by atoms with Crippen molar-refractivity contribution in [2.24, 2.45) is 17.3 Å². The smallest absolute Gasteiger partial charge is 0.141 e. The summed E-state index contributed by atoms with van der Waals surface area (Å²) in [6.07, 6.45) is 3.08. The Balaban J connectivity index is 4.72. The molecule has 1 nitrogen and oxygen atoms in total. The van der Waals surface area contributed by atoms with Crippen molar-refractivity contribution in [2.45, 2.75) is 60.8 Å². The molecule has 14 heavy (non-hydrogen) atoms. The van der Waals surface area contributed by atoms with E-state index < -0.39 is 0 Å². The highest BCUT2D eigenvalue weighted by Gasteiger charge is 2.37. The van der Waals surface area contributed by atoms with Gasteiger partial charge in [0.1, 0.15) is 5.78 Å². The van der Waals surface area contributed by atoms with Gasteiger partial charge in [0.25, 0.3) is 0 Å². The zero-order chi connectivity index (χ0) is 11.4. The van der Waals surface area contributed by atoms with Gasteiger partial charge in [-0.15, -0.1) is 0 Å². The average Bonchev–Trinajstić information content (AvgIpc) is 2.15. The fraction of sp³-hybridized carbons (Fsp3) is 0.923. The predicted octanol–water partition coefficient (Wildman–Crippen LogP) is 4.06. The number of carbonyl (C=O) groups excluding carboxylic acids is 1. The van der Waals surface area contributed by atoms with E-state index in [1.54, 1.807) is 0 Å². The van der Waals surface area contributed by atoms with Gasteiger partial charge in [-0.25, -0.2) is 0 Å². The molecule has 1 heteroatoms. The Labute approximate surface area is 89.3 Å². The van der Waals surface area contributed by atoms with Crippen LogP contribution in [-0.2, 0) is 4.79 Å². The lowest BCUT2D eigenvalue weighted by Crippen LogP contribution is -2.36. The van der Waals surface area contributed by atoms with Gasteiger partial charge in [0, 0.05) is 11.3 Å². The molecule has 0 saturated heterocycles. The summed E-state index contributed by atoms with van der Waals surface area (Å²) in [6, 6.07) is 0. The van der Waals surface area contributed by atoms with E-state index in [1.165, 1.54) is 0 Å². The molecule has 0 spiro atoms. The minimum absolute atomic E-state index is 0.107. The Kier molecular flexibility index (Phi) is 5.40. The number of Topliss-reactive ketones (excluding diaryl/α,β-unsaturated/α-hetero) is 1. The third-order valence-corrected chi connectivity index (χ3v) is 3.67. The second-order valence-electron chi connectivity index (χ2n) is 5.00. The topological polar surface area (TPSA) is 17.1 Å². The molecule has 0 N–H and O–H groups in total. The van der Waals surface area contributed by atoms with Gasteiger partial charge >= 0.3 is 0 Å². The molecule has 0 aliphatic heterocycles. The van der Waals surface area contributed by atoms with Gasteiger partial charge in [-0.2, -0.15) is 0 Å². The molecule has 2 atom stereocenters. The lowest BCUT2D eigenvalue weighted by Gasteiger charge is -2.34. The van der Waals surface area contributed by atoms with Crippen molar-refractivity contribution in [2.75, 3.05) is 0 Å². The first-order valence-corrected chi connectivity index (χ1v) is 5.94. The molecule has 2 unspecified atom stereocenters. The number of hydrogen-bond acceptors (Lipinski definition) is 1. The molecular formula is C13H26O. The number of hydrogen-bond donors (Lipinski definition) is 0. The summed E-state index contributed by atoms with van der Waals surface area (Å²) in [5, 5.41) is 0. The molecule has 0 fully saturated rings. The Bertz CT molecular complexity index is 184. The van der Waals surface area contributed by atoms with Crippen LogP contribution in [0.2, 0.25) is 0 Å². The van der Waals surface area contributed by atoms with Crippen molar-refractivity contribution in [1.82, 2.24) is 0 Å². The third-order valence-electron chi connectivity index (χ3n) is 3.67. The maximum Gasteiger partial charge on any atom is 0.141 e. The van der Waals surface area contributed by atoms with Crippen LogP contribution < -0.4 is 0 Å². The van der Waals surface area contributed by atoms with Crippen LogP contribution in [0.4, 0.5) is 0 Å². The van der Waals surface area contributed by atoms with Crippen LogP contribution in [0.25, 0.3) is 0 Å².